The Morgan fingerprint density at radius 1 is 1.65 bits per heavy atom. The first-order valence-electron chi connectivity index (χ1n) is 5.23. The summed E-state index contributed by atoms with van der Waals surface area (Å²) in [6.07, 6.45) is 1.11. The maximum absolute atomic E-state index is 10.5. The molecule has 0 saturated carbocycles. The summed E-state index contributed by atoms with van der Waals surface area (Å²) in [6.45, 7) is 2.93. The van der Waals surface area contributed by atoms with Crippen molar-refractivity contribution in [3.8, 4) is 0 Å². The second kappa shape index (κ2) is 6.87. The lowest BCUT2D eigenvalue weighted by atomic mass is 10.5. The van der Waals surface area contributed by atoms with E-state index in [4.69, 9.17) is 14.3 Å². The van der Waals surface area contributed by atoms with Gasteiger partial charge in [0.25, 0.3) is 6.01 Å². The fraction of sp³-hybridized carbons (Fsp3) is 0.600. The molecule has 1 rings (SSSR count). The van der Waals surface area contributed by atoms with E-state index in [0.717, 1.165) is 19.4 Å². The van der Waals surface area contributed by atoms with E-state index in [-0.39, 0.29) is 11.7 Å². The second-order valence-electron chi connectivity index (χ2n) is 3.57. The van der Waals surface area contributed by atoms with Crippen LogP contribution < -0.4 is 5.32 Å². The molecule has 0 bridgehead atoms. The van der Waals surface area contributed by atoms with Gasteiger partial charge < -0.3 is 24.5 Å². The van der Waals surface area contributed by atoms with Crippen LogP contribution in [0.15, 0.2) is 10.7 Å². The first-order valence-corrected chi connectivity index (χ1v) is 5.23. The molecule has 0 amide bonds. The summed E-state index contributed by atoms with van der Waals surface area (Å²) in [4.78, 5) is 16.4. The summed E-state index contributed by atoms with van der Waals surface area (Å²) in [5.74, 6) is -1.10. The highest BCUT2D eigenvalue weighted by Crippen LogP contribution is 2.06. The van der Waals surface area contributed by atoms with Crippen LogP contribution >= 0.6 is 0 Å². The standard InChI is InChI=1S/C10H17N3O4/c1-13(5-6-16-2)4-3-11-10-12-8(7-17-10)9(14)15/h7H,3-6H2,1-2H3,(H,11,12)(H,14,15). The van der Waals surface area contributed by atoms with E-state index in [0.29, 0.717) is 13.2 Å². The van der Waals surface area contributed by atoms with Crippen LogP contribution in [-0.4, -0.2) is 61.4 Å². The molecule has 0 aromatic carbocycles. The molecule has 2 N–H and O–H groups in total. The molecule has 0 fully saturated rings. The number of methoxy groups -OCH3 is 1. The number of aromatic carboxylic acids is 1. The molecule has 0 aliphatic carbocycles. The molecule has 1 heterocycles. The van der Waals surface area contributed by atoms with Crippen molar-refractivity contribution in [2.45, 2.75) is 0 Å². The predicted molar refractivity (Wildman–Crippen MR) is 61.3 cm³/mol. The van der Waals surface area contributed by atoms with E-state index in [2.05, 4.69) is 15.2 Å². The number of nitrogens with zero attached hydrogens (tertiary/aromatic N) is 2. The van der Waals surface area contributed by atoms with Gasteiger partial charge in [0.2, 0.25) is 0 Å². The molecule has 0 radical (unpaired) electrons. The summed E-state index contributed by atoms with van der Waals surface area (Å²) < 4.78 is 9.89. The highest BCUT2D eigenvalue weighted by atomic mass is 16.5. The van der Waals surface area contributed by atoms with Crippen LogP contribution in [0.5, 0.6) is 0 Å². The lowest BCUT2D eigenvalue weighted by Crippen LogP contribution is -2.28. The van der Waals surface area contributed by atoms with Crippen molar-refractivity contribution in [2.24, 2.45) is 0 Å². The van der Waals surface area contributed by atoms with Crippen molar-refractivity contribution in [1.29, 1.82) is 0 Å². The Morgan fingerprint density at radius 3 is 3.00 bits per heavy atom. The first-order chi connectivity index (χ1) is 8.13. The minimum atomic E-state index is -1.10. The molecule has 0 atom stereocenters. The van der Waals surface area contributed by atoms with E-state index in [1.807, 2.05) is 7.05 Å². The Labute approximate surface area is 99.4 Å². The number of likely N-dealkylation sites (N-methyl/N-ethyl adjacent to an activating group) is 1. The average Bonchev–Trinajstić information content (AvgIpc) is 2.75. The topological polar surface area (TPSA) is 87.8 Å². The minimum absolute atomic E-state index is 0.0970. The number of carboxylic acid groups (broad SMARTS) is 1. The van der Waals surface area contributed by atoms with E-state index >= 15 is 0 Å². The van der Waals surface area contributed by atoms with Crippen molar-refractivity contribution >= 4 is 12.0 Å². The quantitative estimate of drug-likeness (QED) is 0.681. The number of ether oxygens (including phenoxy) is 1. The molecule has 1 aromatic heterocycles. The minimum Gasteiger partial charge on any atom is -0.476 e. The first kappa shape index (κ1) is 13.5. The van der Waals surface area contributed by atoms with Crippen molar-refractivity contribution < 1.29 is 19.1 Å². The fourth-order valence-corrected chi connectivity index (χ4v) is 1.17. The fourth-order valence-electron chi connectivity index (χ4n) is 1.17. The maximum Gasteiger partial charge on any atom is 0.357 e. The smallest absolute Gasteiger partial charge is 0.357 e. The summed E-state index contributed by atoms with van der Waals surface area (Å²) >= 11 is 0. The third kappa shape index (κ3) is 4.83. The Hall–Kier alpha value is -1.60. The molecule has 0 spiro atoms. The highest BCUT2D eigenvalue weighted by molar-refractivity contribution is 5.85. The van der Waals surface area contributed by atoms with Crippen molar-refractivity contribution in [3.63, 3.8) is 0 Å². The van der Waals surface area contributed by atoms with Gasteiger partial charge >= 0.3 is 5.97 Å². The zero-order chi connectivity index (χ0) is 12.7. The van der Waals surface area contributed by atoms with Gasteiger partial charge in [-0.05, 0) is 7.05 Å². The molecule has 1 aromatic rings. The van der Waals surface area contributed by atoms with E-state index in [1.165, 1.54) is 0 Å². The molecular weight excluding hydrogens is 226 g/mol. The van der Waals surface area contributed by atoms with Crippen molar-refractivity contribution in [1.82, 2.24) is 9.88 Å². The summed E-state index contributed by atoms with van der Waals surface area (Å²) in [7, 11) is 3.63. The molecular formula is C10H17N3O4. The van der Waals surface area contributed by atoms with Gasteiger partial charge in [-0.1, -0.05) is 0 Å². The van der Waals surface area contributed by atoms with Crippen LogP contribution in [-0.2, 0) is 4.74 Å². The Kier molecular flexibility index (Phi) is 5.44. The number of nitrogens with one attached hydrogen (secondary N) is 1. The van der Waals surface area contributed by atoms with Gasteiger partial charge in [-0.25, -0.2) is 4.79 Å². The zero-order valence-electron chi connectivity index (χ0n) is 9.97. The SMILES string of the molecule is COCCN(C)CCNc1nc(C(=O)O)co1. The van der Waals surface area contributed by atoms with Crippen LogP contribution in [0.2, 0.25) is 0 Å². The van der Waals surface area contributed by atoms with Gasteiger partial charge in [-0.3, -0.25) is 0 Å². The number of carbonyl (C=O) groups is 1. The monoisotopic (exact) mass is 243 g/mol. The second-order valence-corrected chi connectivity index (χ2v) is 3.57. The predicted octanol–water partition coefficient (Wildman–Crippen LogP) is 0.363. The number of oxazole rings is 1. The number of anilines is 1. The summed E-state index contributed by atoms with van der Waals surface area (Å²) in [6, 6.07) is 0.225. The molecule has 96 valence electrons. The van der Waals surface area contributed by atoms with Crippen LogP contribution in [0.25, 0.3) is 0 Å². The van der Waals surface area contributed by atoms with Crippen molar-refractivity contribution in [3.05, 3.63) is 12.0 Å². The number of carboxylic acids is 1. The molecule has 0 aliphatic heterocycles. The van der Waals surface area contributed by atoms with Crippen LogP contribution in [0, 0.1) is 0 Å². The lowest BCUT2D eigenvalue weighted by Gasteiger charge is -2.15. The largest absolute Gasteiger partial charge is 0.476 e. The summed E-state index contributed by atoms with van der Waals surface area (Å²) in [5.41, 5.74) is -0.0970. The van der Waals surface area contributed by atoms with Gasteiger partial charge in [0.05, 0.1) is 6.61 Å². The Bertz CT molecular complexity index is 353. The van der Waals surface area contributed by atoms with E-state index in [9.17, 15) is 4.79 Å². The molecule has 7 nitrogen and oxygen atoms in total. The Balaban J connectivity index is 2.23. The average molecular weight is 243 g/mol. The Morgan fingerprint density at radius 2 is 2.41 bits per heavy atom. The van der Waals surface area contributed by atoms with Gasteiger partial charge in [-0.2, -0.15) is 4.98 Å². The van der Waals surface area contributed by atoms with Crippen molar-refractivity contribution in [2.75, 3.05) is 45.7 Å². The maximum atomic E-state index is 10.5. The molecule has 7 heteroatoms. The van der Waals surface area contributed by atoms with Crippen LogP contribution in [0.3, 0.4) is 0 Å². The molecule has 0 unspecified atom stereocenters. The van der Waals surface area contributed by atoms with E-state index in [1.54, 1.807) is 7.11 Å². The molecule has 0 aliphatic rings. The molecule has 17 heavy (non-hydrogen) atoms. The number of aromatic nitrogens is 1. The zero-order valence-corrected chi connectivity index (χ0v) is 9.97. The normalized spacial score (nSPS) is 10.8. The van der Waals surface area contributed by atoms with Gasteiger partial charge in [0.1, 0.15) is 6.26 Å². The number of hydrogen-bond donors (Lipinski definition) is 2. The summed E-state index contributed by atoms with van der Waals surface area (Å²) in [5, 5.41) is 11.5. The van der Waals surface area contributed by atoms with Gasteiger partial charge in [0.15, 0.2) is 5.69 Å². The third-order valence-corrected chi connectivity index (χ3v) is 2.17. The number of hydrogen-bond acceptors (Lipinski definition) is 6. The number of rotatable bonds is 8. The van der Waals surface area contributed by atoms with Gasteiger partial charge in [0, 0.05) is 26.7 Å². The van der Waals surface area contributed by atoms with E-state index < -0.39 is 5.97 Å². The van der Waals surface area contributed by atoms with Gasteiger partial charge in [-0.15, -0.1) is 0 Å². The van der Waals surface area contributed by atoms with Crippen LogP contribution in [0.4, 0.5) is 6.01 Å². The third-order valence-electron chi connectivity index (χ3n) is 2.17. The molecule has 0 saturated heterocycles. The lowest BCUT2D eigenvalue weighted by molar-refractivity contribution is 0.0690. The highest BCUT2D eigenvalue weighted by Gasteiger charge is 2.09. The van der Waals surface area contributed by atoms with Crippen LogP contribution in [0.1, 0.15) is 10.5 Å².